The molecule has 0 spiro atoms. The van der Waals surface area contributed by atoms with Gasteiger partial charge in [0.1, 0.15) is 0 Å². The van der Waals surface area contributed by atoms with Gasteiger partial charge in [0.25, 0.3) is 0 Å². The van der Waals surface area contributed by atoms with Crippen molar-refractivity contribution in [1.29, 1.82) is 0 Å². The number of aromatic nitrogens is 2. The maximum absolute atomic E-state index is 13.7. The number of anilines is 1. The Hall–Kier alpha value is -0.891. The number of hydrogen-bond donors (Lipinski definition) is 1. The third kappa shape index (κ3) is 4.10. The van der Waals surface area contributed by atoms with Gasteiger partial charge in [-0.3, -0.25) is 0 Å². The number of nitrogen functional groups attached to an aromatic ring is 1. The molecular weight excluding hydrogens is 456 g/mol. The van der Waals surface area contributed by atoms with Crippen LogP contribution in [0.15, 0.2) is 29.0 Å². The van der Waals surface area contributed by atoms with Gasteiger partial charge >= 0.3 is 143 Å². The molecule has 0 aliphatic carbocycles. The predicted molar refractivity (Wildman–Crippen MR) is 92.6 cm³/mol. The minimum absolute atomic E-state index is 0.215. The van der Waals surface area contributed by atoms with Crippen LogP contribution < -0.4 is 14.0 Å². The van der Waals surface area contributed by atoms with E-state index in [0.717, 1.165) is 5.56 Å². The topological polar surface area (TPSA) is 61.0 Å². The molecule has 7 heteroatoms. The van der Waals surface area contributed by atoms with Crippen molar-refractivity contribution in [2.24, 2.45) is 0 Å². The summed E-state index contributed by atoms with van der Waals surface area (Å²) in [5, 5.41) is 0. The van der Waals surface area contributed by atoms with Crippen molar-refractivity contribution in [3.8, 4) is 5.88 Å². The third-order valence-electron chi connectivity index (χ3n) is 3.29. The molecule has 4 nitrogen and oxygen atoms in total. The van der Waals surface area contributed by atoms with Crippen LogP contribution in [0, 0.1) is 5.82 Å². The Labute approximate surface area is 142 Å². The maximum atomic E-state index is 13.7. The Morgan fingerprint density at radius 1 is 1.32 bits per heavy atom. The second kappa shape index (κ2) is 6.70. The summed E-state index contributed by atoms with van der Waals surface area (Å²) in [6.07, 6.45) is 1.15. The zero-order chi connectivity index (χ0) is 16.5. The van der Waals surface area contributed by atoms with Crippen LogP contribution in [-0.2, 0) is 0 Å². The average molecular weight is 475 g/mol. The summed E-state index contributed by atoms with van der Waals surface area (Å²) in [4.78, 5) is 15.0. The number of hydrogen-bond acceptors (Lipinski definition) is 4. The number of benzene rings is 1. The number of nitrogens with two attached hydrogens (primary N) is 1. The Morgan fingerprint density at radius 3 is 2.64 bits per heavy atom. The van der Waals surface area contributed by atoms with E-state index >= 15 is 0 Å². The van der Waals surface area contributed by atoms with E-state index in [1.807, 2.05) is 13.0 Å². The normalized spacial score (nSPS) is 13.0. The quantitative estimate of drug-likeness (QED) is 0.687. The molecule has 0 fully saturated rings. The Kier molecular flexibility index (Phi) is 5.32. The molecule has 2 N–H and O–H groups in total. The zero-order valence-corrected chi connectivity index (χ0v) is 17.5. The molecule has 2 rings (SSSR count). The SMILES string of the molecule is C[C@@H](Oc1nc(Br)cnc1N)c1cc(F)cc[c]1[Sn]([CH3])([CH3])[CH3]. The van der Waals surface area contributed by atoms with Crippen LogP contribution in [0.3, 0.4) is 0 Å². The fourth-order valence-corrected chi connectivity index (χ4v) is 7.42. The van der Waals surface area contributed by atoms with Crippen molar-refractivity contribution in [1.82, 2.24) is 9.97 Å². The van der Waals surface area contributed by atoms with Gasteiger partial charge in [-0.05, 0) is 0 Å². The van der Waals surface area contributed by atoms with Gasteiger partial charge in [-0.25, -0.2) is 0 Å². The van der Waals surface area contributed by atoms with Gasteiger partial charge in [-0.1, -0.05) is 0 Å². The monoisotopic (exact) mass is 475 g/mol. The number of nitrogens with zero attached hydrogens (tertiary/aromatic N) is 2. The average Bonchev–Trinajstić information content (AvgIpc) is 2.41. The summed E-state index contributed by atoms with van der Waals surface area (Å²) in [5.74, 6) is 0.200. The van der Waals surface area contributed by atoms with Crippen LogP contribution in [0.25, 0.3) is 0 Å². The van der Waals surface area contributed by atoms with Crippen molar-refractivity contribution in [3.05, 3.63) is 40.4 Å². The van der Waals surface area contributed by atoms with Crippen LogP contribution in [0.1, 0.15) is 18.6 Å². The summed E-state index contributed by atoms with van der Waals surface area (Å²) in [7, 11) is 0. The predicted octanol–water partition coefficient (Wildman–Crippen LogP) is 3.65. The molecule has 1 aromatic heterocycles. The molecule has 0 bridgehead atoms. The molecule has 0 aliphatic rings. The first-order valence-corrected chi connectivity index (χ1v) is 17.7. The van der Waals surface area contributed by atoms with Gasteiger partial charge < -0.3 is 0 Å². The number of halogens is 2. The third-order valence-corrected chi connectivity index (χ3v) is 9.58. The molecule has 0 radical (unpaired) electrons. The van der Waals surface area contributed by atoms with E-state index in [4.69, 9.17) is 10.5 Å². The summed E-state index contributed by atoms with van der Waals surface area (Å²) in [5.41, 5.74) is 6.65. The van der Waals surface area contributed by atoms with Gasteiger partial charge in [0, 0.05) is 0 Å². The van der Waals surface area contributed by atoms with Crippen LogP contribution >= 0.6 is 15.9 Å². The van der Waals surface area contributed by atoms with E-state index in [-0.39, 0.29) is 23.6 Å². The molecule has 1 heterocycles. The van der Waals surface area contributed by atoms with E-state index < -0.39 is 18.4 Å². The summed E-state index contributed by atoms with van der Waals surface area (Å²) < 4.78 is 21.3. The van der Waals surface area contributed by atoms with Gasteiger partial charge in [0.15, 0.2) is 0 Å². The van der Waals surface area contributed by atoms with E-state index in [9.17, 15) is 4.39 Å². The molecule has 1 aromatic carbocycles. The minimum atomic E-state index is -2.40. The van der Waals surface area contributed by atoms with E-state index in [1.165, 1.54) is 15.8 Å². The first-order chi connectivity index (χ1) is 10.2. The van der Waals surface area contributed by atoms with Crippen molar-refractivity contribution < 1.29 is 9.13 Å². The molecule has 0 amide bonds. The van der Waals surface area contributed by atoms with Crippen molar-refractivity contribution in [2.75, 3.05) is 5.73 Å². The van der Waals surface area contributed by atoms with E-state index in [0.29, 0.717) is 4.60 Å². The summed E-state index contributed by atoms with van der Waals surface area (Å²) >= 11 is 0.846. The molecule has 2 aromatic rings. The molecule has 0 saturated heterocycles. The fraction of sp³-hybridized carbons (Fsp3) is 0.333. The molecule has 118 valence electrons. The Balaban J connectivity index is 2.39. The summed E-state index contributed by atoms with van der Waals surface area (Å²) in [6.45, 7) is 1.87. The molecular formula is C15H19BrFN3OSn. The second-order valence-electron chi connectivity index (χ2n) is 6.12. The van der Waals surface area contributed by atoms with Crippen LogP contribution in [0.2, 0.25) is 14.8 Å². The Morgan fingerprint density at radius 2 is 2.00 bits per heavy atom. The molecule has 0 unspecified atom stereocenters. The summed E-state index contributed by atoms with van der Waals surface area (Å²) in [6, 6.07) is 4.95. The van der Waals surface area contributed by atoms with Crippen molar-refractivity contribution in [2.45, 2.75) is 27.8 Å². The first-order valence-electron chi connectivity index (χ1n) is 6.93. The van der Waals surface area contributed by atoms with Gasteiger partial charge in [0.05, 0.1) is 0 Å². The standard InChI is InChI=1S/C12H10BrFN3O.3CH3.Sn/c1-7(8-3-2-4-9(14)5-8)18-12-11(15)16-6-10(13)17-12;;;;/h2,4-7H,1H3,(H2,15,16);3*1H3;/t7-;;;;/m1..../s1. The first kappa shape index (κ1) is 17.5. The molecule has 22 heavy (non-hydrogen) atoms. The number of rotatable bonds is 4. The second-order valence-corrected chi connectivity index (χ2v) is 21.3. The Bertz CT molecular complexity index is 691. The van der Waals surface area contributed by atoms with Crippen LogP contribution in [0.5, 0.6) is 5.88 Å². The molecule has 1 atom stereocenters. The van der Waals surface area contributed by atoms with Crippen molar-refractivity contribution >= 4 is 43.7 Å². The van der Waals surface area contributed by atoms with Gasteiger partial charge in [-0.2, -0.15) is 0 Å². The number of ether oxygens (including phenoxy) is 1. The van der Waals surface area contributed by atoms with Crippen molar-refractivity contribution in [3.63, 3.8) is 0 Å². The molecule has 0 saturated carbocycles. The fourth-order valence-electron chi connectivity index (χ4n) is 2.23. The van der Waals surface area contributed by atoms with Gasteiger partial charge in [-0.15, -0.1) is 0 Å². The molecule has 0 aliphatic heterocycles. The van der Waals surface area contributed by atoms with Crippen LogP contribution in [-0.4, -0.2) is 28.3 Å². The van der Waals surface area contributed by atoms with Crippen LogP contribution in [0.4, 0.5) is 10.2 Å². The zero-order valence-electron chi connectivity index (χ0n) is 13.0. The van der Waals surface area contributed by atoms with E-state index in [1.54, 1.807) is 6.07 Å². The van der Waals surface area contributed by atoms with E-state index in [2.05, 4.69) is 40.7 Å². The van der Waals surface area contributed by atoms with Gasteiger partial charge in [0.2, 0.25) is 0 Å².